The highest BCUT2D eigenvalue weighted by Crippen LogP contribution is 2.45. The van der Waals surface area contributed by atoms with Crippen molar-refractivity contribution in [2.24, 2.45) is 5.73 Å². The number of ether oxygens (including phenoxy) is 3. The Morgan fingerprint density at radius 2 is 2.03 bits per heavy atom. The van der Waals surface area contributed by atoms with Crippen LogP contribution in [0.25, 0.3) is 10.9 Å². The molecular formula is C22H20N2O6. The molecule has 0 radical (unpaired) electrons. The predicted octanol–water partition coefficient (Wildman–Crippen LogP) is 2.50. The van der Waals surface area contributed by atoms with Crippen molar-refractivity contribution in [3.05, 3.63) is 75.4 Å². The molecule has 0 saturated carbocycles. The highest BCUT2D eigenvalue weighted by Gasteiger charge is 2.38. The molecule has 1 aromatic heterocycles. The number of hydrogen-bond donors (Lipinski definition) is 3. The number of fused-ring (bicyclic) bond motifs is 3. The maximum atomic E-state index is 13.1. The van der Waals surface area contributed by atoms with Crippen LogP contribution in [0.3, 0.4) is 0 Å². The Bertz CT molecular complexity index is 1240. The smallest absolute Gasteiger partial charge is 0.340 e. The fraction of sp³-hybridized carbons (Fsp3) is 0.182. The zero-order chi connectivity index (χ0) is 21.4. The maximum Gasteiger partial charge on any atom is 0.340 e. The van der Waals surface area contributed by atoms with Crippen LogP contribution in [0.1, 0.15) is 24.0 Å². The second-order valence-corrected chi connectivity index (χ2v) is 6.71. The third-order valence-electron chi connectivity index (χ3n) is 5.00. The number of para-hydroxylation sites is 1. The number of pyridine rings is 1. The van der Waals surface area contributed by atoms with Crippen LogP contribution in [0.15, 0.2) is 58.7 Å². The number of carbonyl (C=O) groups is 1. The molecule has 2 heterocycles. The van der Waals surface area contributed by atoms with E-state index in [1.165, 1.54) is 13.2 Å². The number of H-pyrrole nitrogens is 1. The summed E-state index contributed by atoms with van der Waals surface area (Å²) in [6.07, 6.45) is 0. The minimum atomic E-state index is -0.879. The molecule has 1 aliphatic rings. The number of methoxy groups -OCH3 is 1. The third kappa shape index (κ3) is 3.02. The van der Waals surface area contributed by atoms with Gasteiger partial charge in [-0.05, 0) is 36.8 Å². The number of esters is 1. The van der Waals surface area contributed by atoms with Crippen molar-refractivity contribution in [1.29, 1.82) is 0 Å². The fourth-order valence-corrected chi connectivity index (χ4v) is 3.69. The number of aromatic hydroxyl groups is 1. The number of benzene rings is 2. The quantitative estimate of drug-likeness (QED) is 0.567. The van der Waals surface area contributed by atoms with E-state index >= 15 is 0 Å². The van der Waals surface area contributed by atoms with E-state index in [1.807, 2.05) is 6.07 Å². The number of nitrogens with two attached hydrogens (primary N) is 1. The van der Waals surface area contributed by atoms with E-state index in [4.69, 9.17) is 19.9 Å². The number of phenols is 1. The first kappa shape index (κ1) is 19.4. The molecule has 0 bridgehead atoms. The molecule has 0 spiro atoms. The normalized spacial score (nSPS) is 15.5. The van der Waals surface area contributed by atoms with Crippen LogP contribution in [0.2, 0.25) is 0 Å². The fourth-order valence-electron chi connectivity index (χ4n) is 3.69. The van der Waals surface area contributed by atoms with Crippen molar-refractivity contribution in [2.75, 3.05) is 13.7 Å². The first-order valence-corrected chi connectivity index (χ1v) is 9.32. The number of hydrogen-bond acceptors (Lipinski definition) is 7. The van der Waals surface area contributed by atoms with E-state index in [2.05, 4.69) is 4.98 Å². The Balaban J connectivity index is 2.04. The summed E-state index contributed by atoms with van der Waals surface area (Å²) in [7, 11) is 1.41. The molecule has 0 fully saturated rings. The lowest BCUT2D eigenvalue weighted by Crippen LogP contribution is -2.32. The lowest BCUT2D eigenvalue weighted by atomic mass is 9.82. The van der Waals surface area contributed by atoms with Crippen molar-refractivity contribution < 1.29 is 24.1 Å². The molecular weight excluding hydrogens is 388 g/mol. The molecule has 3 aromatic rings. The zero-order valence-electron chi connectivity index (χ0n) is 16.4. The first-order chi connectivity index (χ1) is 14.5. The van der Waals surface area contributed by atoms with Crippen molar-refractivity contribution in [1.82, 2.24) is 4.98 Å². The Morgan fingerprint density at radius 3 is 2.77 bits per heavy atom. The largest absolute Gasteiger partial charge is 0.504 e. The number of rotatable bonds is 4. The summed E-state index contributed by atoms with van der Waals surface area (Å²) in [6.45, 7) is 1.80. The lowest BCUT2D eigenvalue weighted by Gasteiger charge is -2.28. The molecule has 0 aliphatic carbocycles. The van der Waals surface area contributed by atoms with Gasteiger partial charge in [-0.2, -0.15) is 0 Å². The van der Waals surface area contributed by atoms with E-state index in [-0.39, 0.29) is 40.9 Å². The van der Waals surface area contributed by atoms with Gasteiger partial charge in [0.1, 0.15) is 11.3 Å². The van der Waals surface area contributed by atoms with Gasteiger partial charge >= 0.3 is 5.97 Å². The second kappa shape index (κ2) is 7.47. The Kier molecular flexibility index (Phi) is 4.83. The lowest BCUT2D eigenvalue weighted by molar-refractivity contribution is -0.139. The Labute approximate surface area is 171 Å². The van der Waals surface area contributed by atoms with Gasteiger partial charge in [-0.1, -0.05) is 18.2 Å². The number of nitrogens with one attached hydrogen (secondary N) is 1. The van der Waals surface area contributed by atoms with E-state index in [1.54, 1.807) is 37.3 Å². The minimum Gasteiger partial charge on any atom is -0.504 e. The molecule has 30 heavy (non-hydrogen) atoms. The van der Waals surface area contributed by atoms with Gasteiger partial charge < -0.3 is 30.0 Å². The number of aromatic amines is 1. The molecule has 8 nitrogen and oxygen atoms in total. The second-order valence-electron chi connectivity index (χ2n) is 6.71. The number of aromatic nitrogens is 1. The van der Waals surface area contributed by atoms with Crippen molar-refractivity contribution in [3.8, 4) is 17.2 Å². The van der Waals surface area contributed by atoms with Gasteiger partial charge in [0.25, 0.3) is 5.56 Å². The summed E-state index contributed by atoms with van der Waals surface area (Å²) >= 11 is 0. The summed E-state index contributed by atoms with van der Waals surface area (Å²) in [5, 5.41) is 10.6. The molecule has 1 aliphatic heterocycles. The van der Waals surface area contributed by atoms with E-state index in [0.29, 0.717) is 16.5 Å². The minimum absolute atomic E-state index is 0.0119. The Morgan fingerprint density at radius 1 is 1.27 bits per heavy atom. The van der Waals surface area contributed by atoms with Crippen molar-refractivity contribution >= 4 is 16.9 Å². The number of phenolic OH excluding ortho intramolecular Hbond substituents is 1. The van der Waals surface area contributed by atoms with Gasteiger partial charge in [0.15, 0.2) is 11.5 Å². The summed E-state index contributed by atoms with van der Waals surface area (Å²) in [4.78, 5) is 28.7. The highest BCUT2D eigenvalue weighted by molar-refractivity contribution is 5.95. The molecule has 4 rings (SSSR count). The van der Waals surface area contributed by atoms with Crippen LogP contribution < -0.4 is 20.8 Å². The molecule has 2 aromatic carbocycles. The average molecular weight is 408 g/mol. The van der Waals surface area contributed by atoms with E-state index in [9.17, 15) is 14.7 Å². The van der Waals surface area contributed by atoms with Crippen LogP contribution in [0.5, 0.6) is 17.2 Å². The van der Waals surface area contributed by atoms with Gasteiger partial charge in [0, 0.05) is 5.39 Å². The number of carbonyl (C=O) groups excluding carboxylic acids is 1. The van der Waals surface area contributed by atoms with Gasteiger partial charge in [-0.3, -0.25) is 4.79 Å². The monoisotopic (exact) mass is 408 g/mol. The highest BCUT2D eigenvalue weighted by atomic mass is 16.5. The standard InChI is InChI=1S/C22H20N2O6/c1-3-29-22(27)18-16(11-8-9-14(25)15(10-11)28-2)17-19(30-20(18)23)12-6-4-5-7-13(12)24-21(17)26/h4-10,16,25H,3,23H2,1-2H3,(H,24,26)/t16-/m1/s1. The Hall–Kier alpha value is -3.94. The summed E-state index contributed by atoms with van der Waals surface area (Å²) in [6, 6.07) is 11.7. The van der Waals surface area contributed by atoms with Crippen LogP contribution in [0, 0.1) is 0 Å². The van der Waals surface area contributed by atoms with E-state index < -0.39 is 17.4 Å². The van der Waals surface area contributed by atoms with Gasteiger partial charge in [0.05, 0.1) is 30.7 Å². The molecule has 8 heteroatoms. The van der Waals surface area contributed by atoms with Crippen LogP contribution in [-0.4, -0.2) is 29.8 Å². The topological polar surface area (TPSA) is 124 Å². The van der Waals surface area contributed by atoms with Crippen LogP contribution in [0.4, 0.5) is 0 Å². The first-order valence-electron chi connectivity index (χ1n) is 9.32. The molecule has 1 atom stereocenters. The van der Waals surface area contributed by atoms with Crippen LogP contribution >= 0.6 is 0 Å². The predicted molar refractivity (Wildman–Crippen MR) is 110 cm³/mol. The average Bonchev–Trinajstić information content (AvgIpc) is 2.73. The van der Waals surface area contributed by atoms with Crippen molar-refractivity contribution in [3.63, 3.8) is 0 Å². The van der Waals surface area contributed by atoms with Gasteiger partial charge in [-0.15, -0.1) is 0 Å². The van der Waals surface area contributed by atoms with Gasteiger partial charge in [-0.25, -0.2) is 4.79 Å². The zero-order valence-corrected chi connectivity index (χ0v) is 16.4. The summed E-state index contributed by atoms with van der Waals surface area (Å²) in [5.74, 6) is -1.32. The molecule has 0 amide bonds. The van der Waals surface area contributed by atoms with E-state index in [0.717, 1.165) is 0 Å². The van der Waals surface area contributed by atoms with Gasteiger partial charge in [0.2, 0.25) is 5.88 Å². The third-order valence-corrected chi connectivity index (χ3v) is 5.00. The van der Waals surface area contributed by atoms with Crippen molar-refractivity contribution in [2.45, 2.75) is 12.8 Å². The summed E-state index contributed by atoms with van der Waals surface area (Å²) < 4.78 is 16.2. The molecule has 4 N–H and O–H groups in total. The molecule has 0 unspecified atom stereocenters. The molecule has 0 saturated heterocycles. The summed E-state index contributed by atoms with van der Waals surface area (Å²) in [5.41, 5.74) is 7.06. The molecule has 154 valence electrons. The SMILES string of the molecule is CCOC(=O)C1=C(N)Oc2c(c(=O)[nH]c3ccccc23)[C@H]1c1ccc(O)c(OC)c1. The van der Waals surface area contributed by atoms with Crippen LogP contribution in [-0.2, 0) is 9.53 Å². The maximum absolute atomic E-state index is 13.1.